The second kappa shape index (κ2) is 6.74. The van der Waals surface area contributed by atoms with Crippen LogP contribution in [0.15, 0.2) is 30.3 Å². The van der Waals surface area contributed by atoms with Gasteiger partial charge >= 0.3 is 6.03 Å². The van der Waals surface area contributed by atoms with E-state index in [1.807, 2.05) is 40.1 Å². The summed E-state index contributed by atoms with van der Waals surface area (Å²) in [5.41, 5.74) is 1.13. The van der Waals surface area contributed by atoms with Crippen molar-refractivity contribution in [3.63, 3.8) is 0 Å². The molecule has 2 aliphatic heterocycles. The van der Waals surface area contributed by atoms with Crippen LogP contribution >= 0.6 is 0 Å². The van der Waals surface area contributed by atoms with Crippen LogP contribution in [0.3, 0.4) is 0 Å². The summed E-state index contributed by atoms with van der Waals surface area (Å²) in [5, 5.41) is 0. The van der Waals surface area contributed by atoms with E-state index in [1.54, 1.807) is 4.90 Å². The highest BCUT2D eigenvalue weighted by Gasteiger charge is 2.36. The van der Waals surface area contributed by atoms with Crippen molar-refractivity contribution in [2.75, 3.05) is 26.2 Å². The highest BCUT2D eigenvalue weighted by Crippen LogP contribution is 2.22. The Hall–Kier alpha value is -2.48. The summed E-state index contributed by atoms with van der Waals surface area (Å²) in [7, 11) is 0. The van der Waals surface area contributed by atoms with E-state index in [1.165, 1.54) is 0 Å². The molecule has 2 saturated heterocycles. The van der Waals surface area contributed by atoms with Crippen LogP contribution in [-0.4, -0.2) is 58.9 Å². The largest absolute Gasteiger partial charge is 0.330 e. The van der Waals surface area contributed by atoms with Crippen LogP contribution in [0.25, 0.3) is 0 Å². The van der Waals surface area contributed by atoms with Crippen LogP contribution in [0.5, 0.6) is 0 Å². The number of amides is 3. The quantitative estimate of drug-likeness (QED) is 0.795. The van der Waals surface area contributed by atoms with E-state index in [0.717, 1.165) is 24.9 Å². The number of likely N-dealkylation sites (tertiary alicyclic amines) is 1. The molecule has 3 amide bonds. The smallest absolute Gasteiger partial charge is 0.320 e. The van der Waals surface area contributed by atoms with Gasteiger partial charge in [0.15, 0.2) is 0 Å². The molecular weight excluding hydrogens is 290 g/mol. The Morgan fingerprint density at radius 2 is 2.00 bits per heavy atom. The number of benzene rings is 1. The Balaban J connectivity index is 1.62. The van der Waals surface area contributed by atoms with Crippen molar-refractivity contribution < 1.29 is 9.59 Å². The molecule has 2 fully saturated rings. The monoisotopic (exact) mass is 311 g/mol. The molecule has 5 heteroatoms. The summed E-state index contributed by atoms with van der Waals surface area (Å²) in [6.45, 7) is 3.32. The number of carbonyl (C=O) groups excluding carboxylic acids is 2. The van der Waals surface area contributed by atoms with Gasteiger partial charge in [-0.05, 0) is 24.3 Å². The molecular formula is C18H21N3O2. The predicted octanol–water partition coefficient (Wildman–Crippen LogP) is 1.55. The van der Waals surface area contributed by atoms with Crippen molar-refractivity contribution in [3.05, 3.63) is 35.9 Å². The van der Waals surface area contributed by atoms with E-state index in [4.69, 9.17) is 6.42 Å². The normalized spacial score (nSPS) is 21.4. The standard InChI is InChI=1S/C18H21N3O2/c1-2-17(22)19-10-6-9-16(14-19)21-12-11-20(18(21)23)13-15-7-4-3-5-8-15/h1,3-5,7-8,16H,6,9-14H2. The first kappa shape index (κ1) is 15.4. The molecule has 2 aliphatic rings. The van der Waals surface area contributed by atoms with Crippen molar-refractivity contribution in [1.82, 2.24) is 14.7 Å². The van der Waals surface area contributed by atoms with Gasteiger partial charge in [-0.2, -0.15) is 0 Å². The van der Waals surface area contributed by atoms with E-state index < -0.39 is 0 Å². The maximum absolute atomic E-state index is 12.7. The minimum atomic E-state index is -0.275. The summed E-state index contributed by atoms with van der Waals surface area (Å²) in [4.78, 5) is 29.8. The Labute approximate surface area is 136 Å². The van der Waals surface area contributed by atoms with Crippen molar-refractivity contribution in [3.8, 4) is 12.3 Å². The molecule has 0 aliphatic carbocycles. The molecule has 1 atom stereocenters. The number of hydrogen-bond acceptors (Lipinski definition) is 2. The number of hydrogen-bond donors (Lipinski definition) is 0. The zero-order chi connectivity index (χ0) is 16.2. The van der Waals surface area contributed by atoms with E-state index in [0.29, 0.717) is 26.2 Å². The summed E-state index contributed by atoms with van der Waals surface area (Å²) in [6.07, 6.45) is 7.03. The van der Waals surface area contributed by atoms with Gasteiger partial charge in [0.2, 0.25) is 0 Å². The summed E-state index contributed by atoms with van der Waals surface area (Å²) >= 11 is 0. The average Bonchev–Trinajstić information content (AvgIpc) is 2.96. The van der Waals surface area contributed by atoms with Gasteiger partial charge in [-0.1, -0.05) is 30.3 Å². The lowest BCUT2D eigenvalue weighted by Gasteiger charge is -2.36. The van der Waals surface area contributed by atoms with Crippen molar-refractivity contribution in [1.29, 1.82) is 0 Å². The molecule has 5 nitrogen and oxygen atoms in total. The molecule has 0 spiro atoms. The second-order valence-electron chi connectivity index (χ2n) is 6.07. The van der Waals surface area contributed by atoms with Crippen molar-refractivity contribution in [2.24, 2.45) is 0 Å². The molecule has 1 aromatic rings. The third-order valence-electron chi connectivity index (χ3n) is 4.59. The maximum atomic E-state index is 12.7. The fraction of sp³-hybridized carbons (Fsp3) is 0.444. The van der Waals surface area contributed by atoms with Crippen LogP contribution in [0, 0.1) is 12.3 Å². The van der Waals surface area contributed by atoms with Crippen LogP contribution in [-0.2, 0) is 11.3 Å². The molecule has 23 heavy (non-hydrogen) atoms. The number of terminal acetylenes is 1. The Kier molecular flexibility index (Phi) is 4.52. The first-order chi connectivity index (χ1) is 11.2. The lowest BCUT2D eigenvalue weighted by Crippen LogP contribution is -2.50. The third-order valence-corrected chi connectivity index (χ3v) is 4.59. The minimum Gasteiger partial charge on any atom is -0.330 e. The molecule has 0 bridgehead atoms. The zero-order valence-electron chi connectivity index (χ0n) is 13.1. The second-order valence-corrected chi connectivity index (χ2v) is 6.07. The summed E-state index contributed by atoms with van der Waals surface area (Å²) in [6, 6.07) is 10.1. The lowest BCUT2D eigenvalue weighted by molar-refractivity contribution is -0.126. The summed E-state index contributed by atoms with van der Waals surface area (Å²) < 4.78 is 0. The first-order valence-electron chi connectivity index (χ1n) is 8.04. The van der Waals surface area contributed by atoms with Gasteiger partial charge in [-0.15, -0.1) is 6.42 Å². The van der Waals surface area contributed by atoms with Crippen LogP contribution < -0.4 is 0 Å². The molecule has 120 valence electrons. The Bertz CT molecular complexity index is 623. The lowest BCUT2D eigenvalue weighted by atomic mass is 10.0. The first-order valence-corrected chi connectivity index (χ1v) is 8.04. The third kappa shape index (κ3) is 3.31. The van der Waals surface area contributed by atoms with Gasteiger partial charge in [0.1, 0.15) is 0 Å². The van der Waals surface area contributed by atoms with Crippen molar-refractivity contribution in [2.45, 2.75) is 25.4 Å². The SMILES string of the molecule is C#CC(=O)N1CCCC(N2CCN(Cc3ccccc3)C2=O)C1. The van der Waals surface area contributed by atoms with E-state index in [9.17, 15) is 9.59 Å². The van der Waals surface area contributed by atoms with Crippen molar-refractivity contribution >= 4 is 11.9 Å². The Morgan fingerprint density at radius 1 is 1.22 bits per heavy atom. The number of nitrogens with zero attached hydrogens (tertiary/aromatic N) is 3. The molecule has 0 aromatic heterocycles. The van der Waals surface area contributed by atoms with Crippen LogP contribution in [0.2, 0.25) is 0 Å². The van der Waals surface area contributed by atoms with E-state index >= 15 is 0 Å². The molecule has 1 aromatic carbocycles. The van der Waals surface area contributed by atoms with Gasteiger partial charge in [0.25, 0.3) is 5.91 Å². The molecule has 0 N–H and O–H groups in total. The topological polar surface area (TPSA) is 43.9 Å². The highest BCUT2D eigenvalue weighted by atomic mass is 16.2. The van der Waals surface area contributed by atoms with Gasteiger partial charge in [-0.3, -0.25) is 4.79 Å². The van der Waals surface area contributed by atoms with Gasteiger partial charge < -0.3 is 14.7 Å². The van der Waals surface area contributed by atoms with Gasteiger partial charge in [0.05, 0.1) is 6.04 Å². The maximum Gasteiger partial charge on any atom is 0.320 e. The van der Waals surface area contributed by atoms with Crippen LogP contribution in [0.1, 0.15) is 18.4 Å². The minimum absolute atomic E-state index is 0.0638. The fourth-order valence-corrected chi connectivity index (χ4v) is 3.38. The fourth-order valence-electron chi connectivity index (χ4n) is 3.38. The molecule has 0 radical (unpaired) electrons. The summed E-state index contributed by atoms with van der Waals surface area (Å²) in [5.74, 6) is 1.90. The average molecular weight is 311 g/mol. The zero-order valence-corrected chi connectivity index (χ0v) is 13.1. The molecule has 0 saturated carbocycles. The van der Waals surface area contributed by atoms with E-state index in [-0.39, 0.29) is 18.0 Å². The molecule has 1 unspecified atom stereocenters. The van der Waals surface area contributed by atoms with Gasteiger partial charge in [0, 0.05) is 32.7 Å². The number of carbonyl (C=O) groups is 2. The number of rotatable bonds is 3. The highest BCUT2D eigenvalue weighted by molar-refractivity contribution is 5.93. The number of piperidine rings is 1. The number of urea groups is 1. The van der Waals surface area contributed by atoms with E-state index in [2.05, 4.69) is 5.92 Å². The predicted molar refractivity (Wildman–Crippen MR) is 87.4 cm³/mol. The molecule has 2 heterocycles. The Morgan fingerprint density at radius 3 is 2.74 bits per heavy atom. The molecule has 3 rings (SSSR count). The van der Waals surface area contributed by atoms with Crippen LogP contribution in [0.4, 0.5) is 4.79 Å². The van der Waals surface area contributed by atoms with Gasteiger partial charge in [-0.25, -0.2) is 4.79 Å².